The van der Waals surface area contributed by atoms with Crippen molar-refractivity contribution in [2.24, 2.45) is 0 Å². The molecule has 0 fully saturated rings. The van der Waals surface area contributed by atoms with Crippen LogP contribution in [0.1, 0.15) is 54.5 Å². The molecule has 0 saturated carbocycles. The Balaban J connectivity index is 2.23. The van der Waals surface area contributed by atoms with Crippen molar-refractivity contribution in [2.45, 2.75) is 46.5 Å². The normalized spacial score (nSPS) is 11.0. The van der Waals surface area contributed by atoms with Crippen molar-refractivity contribution in [3.05, 3.63) is 70.3 Å². The lowest BCUT2D eigenvalue weighted by atomic mass is 9.95. The van der Waals surface area contributed by atoms with E-state index in [4.69, 9.17) is 0 Å². The van der Waals surface area contributed by atoms with Crippen molar-refractivity contribution >= 4 is 0 Å². The first-order valence-electron chi connectivity index (χ1n) is 7.27. The third-order valence-electron chi connectivity index (χ3n) is 3.82. The first-order valence-corrected chi connectivity index (χ1v) is 7.27. The summed E-state index contributed by atoms with van der Waals surface area (Å²) in [6.45, 7) is 8.92. The van der Waals surface area contributed by atoms with Crippen LogP contribution >= 0.6 is 0 Å². The summed E-state index contributed by atoms with van der Waals surface area (Å²) in [5.41, 5.74) is 7.14. The predicted molar refractivity (Wildman–Crippen MR) is 83.9 cm³/mol. The fourth-order valence-corrected chi connectivity index (χ4v) is 2.51. The molecule has 0 aliphatic heterocycles. The molecule has 0 N–H and O–H groups in total. The Kier molecular flexibility index (Phi) is 4.42. The van der Waals surface area contributed by atoms with Crippen LogP contribution in [0, 0.1) is 6.92 Å². The standard InChI is InChI=1S/C19H24/c1-5-18-12-17(10-9-15(18)4)11-16-7-6-8-19(13-16)14(2)3/h6-10,12-14H,5,11H2,1-4H3. The van der Waals surface area contributed by atoms with Crippen LogP contribution in [0.25, 0.3) is 0 Å². The molecule has 0 amide bonds. The summed E-state index contributed by atoms with van der Waals surface area (Å²) in [6, 6.07) is 15.8. The molecule has 0 radical (unpaired) electrons. The highest BCUT2D eigenvalue weighted by molar-refractivity contribution is 5.35. The largest absolute Gasteiger partial charge is 0.0617 e. The van der Waals surface area contributed by atoms with E-state index >= 15 is 0 Å². The van der Waals surface area contributed by atoms with Crippen LogP contribution in [0.4, 0.5) is 0 Å². The van der Waals surface area contributed by atoms with Crippen LogP contribution in [0.3, 0.4) is 0 Å². The Morgan fingerprint density at radius 1 is 0.947 bits per heavy atom. The zero-order valence-corrected chi connectivity index (χ0v) is 12.5. The van der Waals surface area contributed by atoms with Gasteiger partial charge in [0.2, 0.25) is 0 Å². The lowest BCUT2D eigenvalue weighted by Gasteiger charge is -2.10. The molecule has 0 aliphatic carbocycles. The van der Waals surface area contributed by atoms with Gasteiger partial charge >= 0.3 is 0 Å². The molecule has 2 rings (SSSR count). The highest BCUT2D eigenvalue weighted by Crippen LogP contribution is 2.19. The summed E-state index contributed by atoms with van der Waals surface area (Å²) in [5, 5.41) is 0. The van der Waals surface area contributed by atoms with Crippen LogP contribution in [-0.4, -0.2) is 0 Å². The average Bonchev–Trinajstić information content (AvgIpc) is 2.41. The van der Waals surface area contributed by atoms with Crippen LogP contribution < -0.4 is 0 Å². The molecule has 100 valence electrons. The van der Waals surface area contributed by atoms with E-state index in [1.807, 2.05) is 0 Å². The van der Waals surface area contributed by atoms with Crippen molar-refractivity contribution < 1.29 is 0 Å². The minimum absolute atomic E-state index is 0.601. The van der Waals surface area contributed by atoms with Gasteiger partial charge in [-0.15, -0.1) is 0 Å². The second-order valence-electron chi connectivity index (χ2n) is 5.69. The van der Waals surface area contributed by atoms with Crippen molar-refractivity contribution in [3.63, 3.8) is 0 Å². The van der Waals surface area contributed by atoms with Gasteiger partial charge < -0.3 is 0 Å². The second kappa shape index (κ2) is 6.06. The van der Waals surface area contributed by atoms with Gasteiger partial charge in [0.05, 0.1) is 0 Å². The molecular weight excluding hydrogens is 228 g/mol. The number of hydrogen-bond acceptors (Lipinski definition) is 0. The van der Waals surface area contributed by atoms with E-state index in [-0.39, 0.29) is 0 Å². The minimum Gasteiger partial charge on any atom is -0.0617 e. The van der Waals surface area contributed by atoms with Gasteiger partial charge in [0.15, 0.2) is 0 Å². The van der Waals surface area contributed by atoms with Crippen molar-refractivity contribution in [3.8, 4) is 0 Å². The Bertz CT molecular complexity index is 550. The molecule has 0 heteroatoms. The van der Waals surface area contributed by atoms with Gasteiger partial charge in [-0.25, -0.2) is 0 Å². The zero-order chi connectivity index (χ0) is 13.8. The van der Waals surface area contributed by atoms with Crippen LogP contribution in [0.15, 0.2) is 42.5 Å². The minimum atomic E-state index is 0.601. The molecule has 0 nitrogen and oxygen atoms in total. The van der Waals surface area contributed by atoms with Crippen LogP contribution in [0.5, 0.6) is 0 Å². The number of rotatable bonds is 4. The molecule has 0 unspecified atom stereocenters. The fraction of sp³-hybridized carbons (Fsp3) is 0.368. The summed E-state index contributed by atoms with van der Waals surface area (Å²) < 4.78 is 0. The smallest absolute Gasteiger partial charge is 0.00256 e. The maximum atomic E-state index is 2.36. The fourth-order valence-electron chi connectivity index (χ4n) is 2.51. The van der Waals surface area contributed by atoms with Crippen molar-refractivity contribution in [1.29, 1.82) is 0 Å². The maximum absolute atomic E-state index is 2.36. The van der Waals surface area contributed by atoms with Gasteiger partial charge in [-0.3, -0.25) is 0 Å². The third kappa shape index (κ3) is 3.47. The molecule has 0 bridgehead atoms. The van der Waals surface area contributed by atoms with E-state index < -0.39 is 0 Å². The molecule has 0 aromatic heterocycles. The summed E-state index contributed by atoms with van der Waals surface area (Å²) in [5.74, 6) is 0.601. The SMILES string of the molecule is CCc1cc(Cc2cccc(C(C)C)c2)ccc1C. The van der Waals surface area contributed by atoms with Crippen LogP contribution in [0.2, 0.25) is 0 Å². The van der Waals surface area contributed by atoms with E-state index in [0.29, 0.717) is 5.92 Å². The van der Waals surface area contributed by atoms with E-state index in [1.54, 1.807) is 0 Å². The van der Waals surface area contributed by atoms with Crippen LogP contribution in [-0.2, 0) is 12.8 Å². The number of aryl methyl sites for hydroxylation is 2. The van der Waals surface area contributed by atoms with E-state index in [0.717, 1.165) is 12.8 Å². The van der Waals surface area contributed by atoms with Gasteiger partial charge in [-0.1, -0.05) is 63.2 Å². The summed E-state index contributed by atoms with van der Waals surface area (Å²) >= 11 is 0. The van der Waals surface area contributed by atoms with E-state index in [1.165, 1.54) is 27.8 Å². The van der Waals surface area contributed by atoms with Gasteiger partial charge in [-0.2, -0.15) is 0 Å². The van der Waals surface area contributed by atoms with Crippen molar-refractivity contribution in [2.75, 3.05) is 0 Å². The predicted octanol–water partition coefficient (Wildman–Crippen LogP) is 5.27. The Morgan fingerprint density at radius 3 is 2.37 bits per heavy atom. The number of benzene rings is 2. The highest BCUT2D eigenvalue weighted by Gasteiger charge is 2.03. The molecule has 0 saturated heterocycles. The quantitative estimate of drug-likeness (QED) is 0.695. The van der Waals surface area contributed by atoms with Crippen molar-refractivity contribution in [1.82, 2.24) is 0 Å². The van der Waals surface area contributed by atoms with E-state index in [2.05, 4.69) is 70.2 Å². The molecule has 2 aromatic rings. The monoisotopic (exact) mass is 252 g/mol. The highest BCUT2D eigenvalue weighted by atomic mass is 14.1. The molecule has 0 spiro atoms. The zero-order valence-electron chi connectivity index (χ0n) is 12.5. The van der Waals surface area contributed by atoms with Gasteiger partial charge in [0, 0.05) is 0 Å². The Labute approximate surface area is 117 Å². The average molecular weight is 252 g/mol. The summed E-state index contributed by atoms with van der Waals surface area (Å²) in [6.07, 6.45) is 2.15. The molecule has 0 heterocycles. The van der Waals surface area contributed by atoms with Gasteiger partial charge in [0.25, 0.3) is 0 Å². The first kappa shape index (κ1) is 13.9. The lowest BCUT2D eigenvalue weighted by Crippen LogP contribution is -1.95. The lowest BCUT2D eigenvalue weighted by molar-refractivity contribution is 0.863. The third-order valence-corrected chi connectivity index (χ3v) is 3.82. The van der Waals surface area contributed by atoms with Gasteiger partial charge in [0.1, 0.15) is 0 Å². The topological polar surface area (TPSA) is 0 Å². The number of hydrogen-bond donors (Lipinski definition) is 0. The first-order chi connectivity index (χ1) is 9.10. The second-order valence-corrected chi connectivity index (χ2v) is 5.69. The molecule has 0 aliphatic rings. The Hall–Kier alpha value is -1.56. The summed E-state index contributed by atoms with van der Waals surface area (Å²) in [7, 11) is 0. The molecule has 0 atom stereocenters. The summed E-state index contributed by atoms with van der Waals surface area (Å²) in [4.78, 5) is 0. The molecule has 19 heavy (non-hydrogen) atoms. The maximum Gasteiger partial charge on any atom is -0.00256 e. The molecule has 2 aromatic carbocycles. The van der Waals surface area contributed by atoms with E-state index in [9.17, 15) is 0 Å². The molecular formula is C19H24. The van der Waals surface area contributed by atoms with Gasteiger partial charge in [-0.05, 0) is 53.5 Å². The Morgan fingerprint density at radius 2 is 1.68 bits per heavy atom.